The van der Waals surface area contributed by atoms with Crippen LogP contribution in [0.15, 0.2) is 85.4 Å². The number of hydrogen-bond donors (Lipinski definition) is 0. The minimum Gasteiger partial charge on any atom is -0.422 e. The van der Waals surface area contributed by atoms with Crippen LogP contribution in [-0.4, -0.2) is 0 Å². The van der Waals surface area contributed by atoms with Gasteiger partial charge in [0.1, 0.15) is 22.3 Å². The van der Waals surface area contributed by atoms with E-state index in [-0.39, 0.29) is 21.5 Å². The minimum absolute atomic E-state index is 0.177. The van der Waals surface area contributed by atoms with E-state index < -0.39 is 22.5 Å². The Kier molecular flexibility index (Phi) is 6.02. The fourth-order valence-corrected chi connectivity index (χ4v) is 7.29. The van der Waals surface area contributed by atoms with E-state index in [2.05, 4.69) is 0 Å². The van der Waals surface area contributed by atoms with Gasteiger partial charge < -0.3 is 17.7 Å². The van der Waals surface area contributed by atoms with Gasteiger partial charge in [0.25, 0.3) is 0 Å². The summed E-state index contributed by atoms with van der Waals surface area (Å²) in [6, 6.07) is 15.0. The largest absolute Gasteiger partial charge is 0.422 e. The van der Waals surface area contributed by atoms with Gasteiger partial charge in [0.05, 0.1) is 21.5 Å². The second-order valence-corrected chi connectivity index (χ2v) is 12.7. The average Bonchev–Trinajstić information content (AvgIpc) is 2.99. The summed E-state index contributed by atoms with van der Waals surface area (Å²) in [4.78, 5) is 53.6. The monoisotopic (exact) mass is 624 g/mol. The van der Waals surface area contributed by atoms with Crippen molar-refractivity contribution in [1.82, 2.24) is 0 Å². The molecule has 0 unspecified atom stereocenters. The van der Waals surface area contributed by atoms with E-state index >= 15 is 0 Å². The molecule has 0 saturated heterocycles. The Bertz CT molecular complexity index is 2770. The quantitative estimate of drug-likeness (QED) is 0.141. The summed E-state index contributed by atoms with van der Waals surface area (Å²) < 4.78 is 23.2. The third-order valence-corrected chi connectivity index (χ3v) is 9.09. The highest BCUT2D eigenvalue weighted by molar-refractivity contribution is 6.15. The second kappa shape index (κ2) is 9.87. The van der Waals surface area contributed by atoms with Crippen LogP contribution in [0.4, 0.5) is 0 Å². The van der Waals surface area contributed by atoms with Gasteiger partial charge in [0, 0.05) is 21.5 Å². The number of benzene rings is 4. The van der Waals surface area contributed by atoms with Crippen molar-refractivity contribution in [3.05, 3.63) is 135 Å². The fraction of sp³-hybridized carbons (Fsp3) is 0.179. The molecule has 0 aliphatic heterocycles. The lowest BCUT2D eigenvalue weighted by molar-refractivity contribution is 0.555. The van der Waals surface area contributed by atoms with E-state index in [0.29, 0.717) is 61.4 Å². The first kappa shape index (κ1) is 28.7. The van der Waals surface area contributed by atoms with Crippen LogP contribution in [0.5, 0.6) is 0 Å². The molecule has 0 fully saturated rings. The number of hydrogen-bond acceptors (Lipinski definition) is 8. The lowest BCUT2D eigenvalue weighted by Crippen LogP contribution is -2.11. The van der Waals surface area contributed by atoms with E-state index in [1.54, 1.807) is 0 Å². The summed E-state index contributed by atoms with van der Waals surface area (Å²) in [5.41, 5.74) is 5.37. The lowest BCUT2D eigenvalue weighted by atomic mass is 9.95. The summed E-state index contributed by atoms with van der Waals surface area (Å²) in [6.45, 7) is 11.2. The van der Waals surface area contributed by atoms with Gasteiger partial charge in [0.2, 0.25) is 0 Å². The zero-order chi connectivity index (χ0) is 33.0. The molecular formula is C39H28O8. The van der Waals surface area contributed by atoms with E-state index in [1.165, 1.54) is 0 Å². The van der Waals surface area contributed by atoms with Gasteiger partial charge in [-0.15, -0.1) is 0 Å². The van der Waals surface area contributed by atoms with Crippen molar-refractivity contribution in [2.75, 3.05) is 0 Å². The van der Waals surface area contributed by atoms with E-state index in [0.717, 1.165) is 33.4 Å². The molecule has 8 aromatic rings. The molecule has 47 heavy (non-hydrogen) atoms. The molecule has 0 bridgehead atoms. The van der Waals surface area contributed by atoms with Crippen LogP contribution in [0.2, 0.25) is 0 Å². The first-order valence-electron chi connectivity index (χ1n) is 15.3. The first-order valence-corrected chi connectivity index (χ1v) is 15.3. The van der Waals surface area contributed by atoms with Crippen LogP contribution in [0, 0.1) is 41.5 Å². The standard InChI is InChI=1S/C39H28O8/c1-16-7-18(3)32-24(9-16)28-30(38(42)44-32)26-14-22(11-20(5)34(26)46-36(28)40)13-23-12-21(6)35-27(15-23)31-29(37(41)47-35)25-10-17(2)8-19(4)33(25)45-39(31)43/h7-12,14-15H,13H2,1-6H3. The van der Waals surface area contributed by atoms with Gasteiger partial charge >= 0.3 is 22.5 Å². The van der Waals surface area contributed by atoms with Crippen LogP contribution in [0.1, 0.15) is 44.5 Å². The summed E-state index contributed by atoms with van der Waals surface area (Å²) in [6.07, 6.45) is 0.406. The van der Waals surface area contributed by atoms with Crippen molar-refractivity contribution in [3.8, 4) is 0 Å². The highest BCUT2D eigenvalue weighted by Gasteiger charge is 2.21. The van der Waals surface area contributed by atoms with Gasteiger partial charge in [-0.3, -0.25) is 0 Å². The maximum Gasteiger partial charge on any atom is 0.345 e. The summed E-state index contributed by atoms with van der Waals surface area (Å²) in [7, 11) is 0. The molecule has 8 rings (SSSR count). The summed E-state index contributed by atoms with van der Waals surface area (Å²) >= 11 is 0. The molecule has 8 nitrogen and oxygen atoms in total. The van der Waals surface area contributed by atoms with Gasteiger partial charge in [-0.25, -0.2) is 19.2 Å². The zero-order valence-corrected chi connectivity index (χ0v) is 26.6. The van der Waals surface area contributed by atoms with E-state index in [1.807, 2.05) is 90.1 Å². The third kappa shape index (κ3) is 4.21. The van der Waals surface area contributed by atoms with Crippen molar-refractivity contribution in [3.63, 3.8) is 0 Å². The van der Waals surface area contributed by atoms with Crippen LogP contribution in [0.25, 0.3) is 65.4 Å². The second-order valence-electron chi connectivity index (χ2n) is 12.7. The zero-order valence-electron chi connectivity index (χ0n) is 26.6. The van der Waals surface area contributed by atoms with Crippen LogP contribution >= 0.6 is 0 Å². The van der Waals surface area contributed by atoms with Crippen molar-refractivity contribution in [2.24, 2.45) is 0 Å². The van der Waals surface area contributed by atoms with Gasteiger partial charge in [-0.2, -0.15) is 0 Å². The third-order valence-electron chi connectivity index (χ3n) is 9.09. The Hall–Kier alpha value is -5.76. The highest BCUT2D eigenvalue weighted by Crippen LogP contribution is 2.34. The summed E-state index contributed by atoms with van der Waals surface area (Å²) in [5, 5.41) is 2.77. The fourth-order valence-electron chi connectivity index (χ4n) is 7.29. The highest BCUT2D eigenvalue weighted by atomic mass is 16.4. The predicted molar refractivity (Wildman–Crippen MR) is 183 cm³/mol. The Morgan fingerprint density at radius 2 is 0.660 bits per heavy atom. The van der Waals surface area contributed by atoms with Crippen LogP contribution < -0.4 is 22.5 Å². The molecule has 0 saturated carbocycles. The van der Waals surface area contributed by atoms with Crippen molar-refractivity contribution in [1.29, 1.82) is 0 Å². The molecule has 0 aliphatic carbocycles. The maximum atomic E-state index is 13.5. The SMILES string of the molecule is Cc1cc(C)c2oc(=O)c3c4cc(Cc5cc(C)c6oc(=O)c7c8cc(C)cc(C)c8oc(=O)c7c6c5)cc(C)c4oc(=O)c3c2c1. The maximum absolute atomic E-state index is 13.5. The minimum atomic E-state index is -0.610. The number of rotatable bonds is 2. The van der Waals surface area contributed by atoms with Crippen LogP contribution in [0.3, 0.4) is 0 Å². The molecule has 0 N–H and O–H groups in total. The Morgan fingerprint density at radius 3 is 0.979 bits per heavy atom. The Morgan fingerprint density at radius 1 is 0.383 bits per heavy atom. The normalized spacial score (nSPS) is 12.0. The topological polar surface area (TPSA) is 121 Å². The molecular weight excluding hydrogens is 596 g/mol. The molecule has 0 amide bonds. The number of aryl methyl sites for hydroxylation is 6. The lowest BCUT2D eigenvalue weighted by Gasteiger charge is -2.12. The molecule has 4 aromatic heterocycles. The van der Waals surface area contributed by atoms with E-state index in [4.69, 9.17) is 17.7 Å². The molecule has 0 aliphatic rings. The smallest absolute Gasteiger partial charge is 0.345 e. The molecule has 8 heteroatoms. The van der Waals surface area contributed by atoms with Crippen molar-refractivity contribution < 1.29 is 17.7 Å². The van der Waals surface area contributed by atoms with Gasteiger partial charge in [-0.05, 0) is 117 Å². The Labute approximate surface area is 265 Å². The molecule has 0 atom stereocenters. The van der Waals surface area contributed by atoms with Crippen LogP contribution in [-0.2, 0) is 6.42 Å². The van der Waals surface area contributed by atoms with Crippen molar-refractivity contribution >= 4 is 65.4 Å². The molecule has 0 spiro atoms. The first-order chi connectivity index (χ1) is 22.4. The molecule has 4 heterocycles. The summed E-state index contributed by atoms with van der Waals surface area (Å²) in [5.74, 6) is 0. The molecule has 4 aromatic carbocycles. The van der Waals surface area contributed by atoms with Gasteiger partial charge in [-0.1, -0.05) is 24.3 Å². The number of fused-ring (bicyclic) bond motifs is 10. The average molecular weight is 625 g/mol. The van der Waals surface area contributed by atoms with E-state index in [9.17, 15) is 19.2 Å². The molecule has 232 valence electrons. The molecule has 0 radical (unpaired) electrons. The van der Waals surface area contributed by atoms with Gasteiger partial charge in [0.15, 0.2) is 0 Å². The Balaban J connectivity index is 1.38. The van der Waals surface area contributed by atoms with Crippen molar-refractivity contribution in [2.45, 2.75) is 48.0 Å². The predicted octanol–water partition coefficient (Wildman–Crippen LogP) is 7.86.